The van der Waals surface area contributed by atoms with Crippen molar-refractivity contribution in [1.29, 1.82) is 0 Å². The number of halogens is 1. The van der Waals surface area contributed by atoms with Crippen LogP contribution >= 0.6 is 15.9 Å². The van der Waals surface area contributed by atoms with Crippen LogP contribution in [0.4, 0.5) is 11.4 Å². The minimum Gasteiger partial charge on any atom is -0.322 e. The van der Waals surface area contributed by atoms with E-state index in [4.69, 9.17) is 9.35 Å². The Bertz CT molecular complexity index is 1080. The summed E-state index contributed by atoms with van der Waals surface area (Å²) in [6, 6.07) is 22.2. The van der Waals surface area contributed by atoms with Crippen molar-refractivity contribution in [3.05, 3.63) is 88.9 Å². The van der Waals surface area contributed by atoms with E-state index in [9.17, 15) is 13.3 Å². The minimum absolute atomic E-state index is 0.00438. The molecule has 2 amide bonds. The van der Waals surface area contributed by atoms with E-state index in [0.29, 0.717) is 11.3 Å². The van der Waals surface area contributed by atoms with Gasteiger partial charge in [0.25, 0.3) is 5.91 Å². The molecular formula is C21H20AsBrN2O6. The van der Waals surface area contributed by atoms with E-state index in [2.05, 4.69) is 30.4 Å². The van der Waals surface area contributed by atoms with E-state index in [1.807, 2.05) is 42.5 Å². The minimum atomic E-state index is -4.76. The zero-order chi connectivity index (χ0) is 22.9. The summed E-state index contributed by atoms with van der Waals surface area (Å²) in [5.74, 6) is -0.336. The Balaban J connectivity index is 0.000000221. The second kappa shape index (κ2) is 11.6. The van der Waals surface area contributed by atoms with Crippen LogP contribution in [0.3, 0.4) is 0 Å². The average Bonchev–Trinajstić information content (AvgIpc) is 2.75. The first-order chi connectivity index (χ1) is 14.7. The van der Waals surface area contributed by atoms with Gasteiger partial charge in [-0.15, -0.1) is 0 Å². The van der Waals surface area contributed by atoms with Crippen molar-refractivity contribution < 1.29 is 26.6 Å². The standard InChI is InChI=1S/C13H10BrNO.C8H10AsNO5/c14-11-7-4-8-12(9-11)15-13(16)10-5-2-1-3-6-10;1-6(11)10-8-4-2-7(3-5-8)9(12,13)15-14/h1-9H,(H,15,16);2-5,14H,1H3,(H,10,11)(H,12,13). The van der Waals surface area contributed by atoms with Gasteiger partial charge in [-0.05, 0) is 30.3 Å². The van der Waals surface area contributed by atoms with E-state index < -0.39 is 14.2 Å². The summed E-state index contributed by atoms with van der Waals surface area (Å²) in [6.07, 6.45) is 0. The van der Waals surface area contributed by atoms with Crippen molar-refractivity contribution >= 4 is 57.6 Å². The Kier molecular flexibility index (Phi) is 9.23. The first-order valence-electron chi connectivity index (χ1n) is 8.87. The summed E-state index contributed by atoms with van der Waals surface area (Å²) in [4.78, 5) is 22.5. The molecule has 0 saturated heterocycles. The molecule has 1 atom stereocenters. The molecule has 0 spiro atoms. The fourth-order valence-electron chi connectivity index (χ4n) is 2.34. The molecule has 0 radical (unpaired) electrons. The fourth-order valence-corrected chi connectivity index (χ4v) is 4.04. The van der Waals surface area contributed by atoms with Crippen LogP contribution in [-0.2, 0) is 12.4 Å². The predicted molar refractivity (Wildman–Crippen MR) is 121 cm³/mol. The normalized spacial score (nSPS) is 12.0. The SMILES string of the molecule is CC(=O)Nc1ccc([As](=O)(O)OO)cc1.O=C(Nc1cccc(Br)c1)c1ccccc1. The van der Waals surface area contributed by atoms with Gasteiger partial charge in [0.1, 0.15) is 0 Å². The van der Waals surface area contributed by atoms with Gasteiger partial charge >= 0.3 is 88.4 Å². The molecule has 1 unspecified atom stereocenters. The summed E-state index contributed by atoms with van der Waals surface area (Å²) in [5.41, 5.74) is 1.94. The second-order valence-electron chi connectivity index (χ2n) is 6.16. The topological polar surface area (TPSA) is 125 Å². The molecule has 0 aromatic heterocycles. The Morgan fingerprint density at radius 3 is 2.10 bits per heavy atom. The molecule has 3 aromatic carbocycles. The van der Waals surface area contributed by atoms with E-state index in [0.717, 1.165) is 10.2 Å². The molecule has 31 heavy (non-hydrogen) atoms. The number of hydrogen-bond donors (Lipinski definition) is 4. The predicted octanol–water partition coefficient (Wildman–Crippen LogP) is 3.40. The summed E-state index contributed by atoms with van der Waals surface area (Å²) in [5, 5.41) is 13.5. The van der Waals surface area contributed by atoms with Crippen LogP contribution in [0, 0.1) is 0 Å². The van der Waals surface area contributed by atoms with Crippen molar-refractivity contribution in [2.75, 3.05) is 10.6 Å². The number of nitrogens with one attached hydrogen (secondary N) is 2. The van der Waals surface area contributed by atoms with Crippen molar-refractivity contribution in [3.8, 4) is 0 Å². The number of carbonyl (C=O) groups is 2. The largest absolute Gasteiger partial charge is 0.322 e. The molecule has 0 heterocycles. The zero-order valence-electron chi connectivity index (χ0n) is 16.4. The summed E-state index contributed by atoms with van der Waals surface area (Å²) < 4.78 is 24.8. The molecule has 4 N–H and O–H groups in total. The van der Waals surface area contributed by atoms with Gasteiger partial charge in [-0.1, -0.05) is 40.2 Å². The van der Waals surface area contributed by atoms with Gasteiger partial charge < -0.3 is 5.32 Å². The fraction of sp³-hybridized carbons (Fsp3) is 0.0476. The first-order valence-corrected chi connectivity index (χ1v) is 13.0. The molecule has 8 nitrogen and oxygen atoms in total. The number of rotatable bonds is 5. The summed E-state index contributed by atoms with van der Waals surface area (Å²) >= 11 is -1.41. The molecule has 0 aliphatic carbocycles. The van der Waals surface area contributed by atoms with Crippen LogP contribution in [0.15, 0.2) is 83.3 Å². The Labute approximate surface area is 190 Å². The molecular weight excluding hydrogens is 531 g/mol. The van der Waals surface area contributed by atoms with E-state index in [1.54, 1.807) is 12.1 Å². The van der Waals surface area contributed by atoms with Gasteiger partial charge in [-0.3, -0.25) is 4.79 Å². The molecule has 162 valence electrons. The van der Waals surface area contributed by atoms with Crippen LogP contribution in [-0.4, -0.2) is 35.3 Å². The number of anilines is 2. The monoisotopic (exact) mass is 550 g/mol. The van der Waals surface area contributed by atoms with Crippen molar-refractivity contribution in [3.63, 3.8) is 0 Å². The number of benzene rings is 3. The van der Waals surface area contributed by atoms with Crippen molar-refractivity contribution in [2.24, 2.45) is 0 Å². The van der Waals surface area contributed by atoms with Crippen LogP contribution in [0.5, 0.6) is 0 Å². The smallest absolute Gasteiger partial charge is 0.255 e. The van der Waals surface area contributed by atoms with E-state index in [1.165, 1.54) is 31.2 Å². The van der Waals surface area contributed by atoms with Gasteiger partial charge in [-0.25, -0.2) is 0 Å². The third-order valence-corrected chi connectivity index (χ3v) is 6.70. The molecule has 0 aliphatic heterocycles. The summed E-state index contributed by atoms with van der Waals surface area (Å²) in [7, 11) is 0. The van der Waals surface area contributed by atoms with Gasteiger partial charge in [0.2, 0.25) is 0 Å². The van der Waals surface area contributed by atoms with E-state index in [-0.39, 0.29) is 16.2 Å². The summed E-state index contributed by atoms with van der Waals surface area (Å²) in [6.45, 7) is 1.35. The van der Waals surface area contributed by atoms with Crippen LogP contribution in [0.25, 0.3) is 0 Å². The second-order valence-corrected chi connectivity index (χ2v) is 10.7. The average molecular weight is 551 g/mol. The third kappa shape index (κ3) is 8.16. The van der Waals surface area contributed by atoms with Crippen molar-refractivity contribution in [2.45, 2.75) is 6.92 Å². The van der Waals surface area contributed by atoms with Gasteiger partial charge in [0, 0.05) is 15.7 Å². The molecule has 10 heteroatoms. The van der Waals surface area contributed by atoms with Gasteiger partial charge in [0.15, 0.2) is 0 Å². The number of carbonyl (C=O) groups excluding carboxylic acids is 2. The Morgan fingerprint density at radius 2 is 1.55 bits per heavy atom. The number of amides is 2. The number of hydrogen-bond acceptors (Lipinski definition) is 5. The maximum Gasteiger partial charge on any atom is 0.255 e. The van der Waals surface area contributed by atoms with Crippen LogP contribution < -0.4 is 15.0 Å². The Hall–Kier alpha value is -2.68. The quantitative estimate of drug-likeness (QED) is 0.219. The first kappa shape index (κ1) is 24.6. The van der Waals surface area contributed by atoms with Crippen molar-refractivity contribution in [1.82, 2.24) is 0 Å². The van der Waals surface area contributed by atoms with Gasteiger partial charge in [-0.2, -0.15) is 0 Å². The maximum atomic E-state index is 11.8. The van der Waals surface area contributed by atoms with Crippen LogP contribution in [0.2, 0.25) is 0 Å². The molecule has 0 aliphatic rings. The zero-order valence-corrected chi connectivity index (χ0v) is 19.8. The van der Waals surface area contributed by atoms with Crippen LogP contribution in [0.1, 0.15) is 17.3 Å². The molecule has 3 aromatic rings. The molecule has 0 bridgehead atoms. The molecule has 3 rings (SSSR count). The molecule has 0 fully saturated rings. The Morgan fingerprint density at radius 1 is 0.903 bits per heavy atom. The van der Waals surface area contributed by atoms with Gasteiger partial charge in [0.05, 0.1) is 0 Å². The maximum absolute atomic E-state index is 11.8. The molecule has 0 saturated carbocycles. The third-order valence-electron chi connectivity index (χ3n) is 3.74. The van der Waals surface area contributed by atoms with E-state index >= 15 is 0 Å².